The molecule has 2 atom stereocenters. The Hall–Kier alpha value is -4.25. The van der Waals surface area contributed by atoms with Crippen molar-refractivity contribution in [1.82, 2.24) is 4.98 Å². The molecule has 39 heavy (non-hydrogen) atoms. The van der Waals surface area contributed by atoms with E-state index in [-0.39, 0.29) is 60.5 Å². The van der Waals surface area contributed by atoms with E-state index >= 15 is 0 Å². The number of phenols is 2. The Kier molecular flexibility index (Phi) is 5.55. The first-order valence-corrected chi connectivity index (χ1v) is 12.2. The summed E-state index contributed by atoms with van der Waals surface area (Å²) in [4.78, 5) is 29.3. The summed E-state index contributed by atoms with van der Waals surface area (Å²) in [6, 6.07) is 6.18. The lowest BCUT2D eigenvalue weighted by Crippen LogP contribution is -2.22. The Labute approximate surface area is 224 Å². The monoisotopic (exact) mass is 551 g/mol. The standard InChI is InChI=1S/C28H22ClNO9/c1-9-7-10-8-12-15(20(32)14(10)28(35)30-9)16-17(22(34)23(12)36-2)26(38-4)27-18(21(16)33)19(31)11-5-6-13(29)25(37-3)24(11)39-27/h5-8,22-23,32-34H,1-4H3,(H,30,35). The van der Waals surface area contributed by atoms with E-state index in [0.717, 1.165) is 0 Å². The Morgan fingerprint density at radius 1 is 0.949 bits per heavy atom. The predicted octanol–water partition coefficient (Wildman–Crippen LogP) is 4.58. The summed E-state index contributed by atoms with van der Waals surface area (Å²) >= 11 is 6.25. The highest BCUT2D eigenvalue weighted by molar-refractivity contribution is 6.33. The fourth-order valence-electron chi connectivity index (χ4n) is 5.64. The normalized spacial score (nSPS) is 16.5. The van der Waals surface area contributed by atoms with Crippen molar-refractivity contribution in [2.45, 2.75) is 19.1 Å². The van der Waals surface area contributed by atoms with Gasteiger partial charge in [-0.25, -0.2) is 0 Å². The van der Waals surface area contributed by atoms with Crippen molar-refractivity contribution < 1.29 is 33.9 Å². The molecule has 3 aromatic carbocycles. The van der Waals surface area contributed by atoms with Crippen LogP contribution < -0.4 is 20.5 Å². The fraction of sp³-hybridized carbons (Fsp3) is 0.214. The molecule has 0 aliphatic heterocycles. The van der Waals surface area contributed by atoms with Gasteiger partial charge in [0.2, 0.25) is 5.43 Å². The van der Waals surface area contributed by atoms with Crippen LogP contribution in [0.4, 0.5) is 0 Å². The van der Waals surface area contributed by atoms with Gasteiger partial charge in [-0.1, -0.05) is 11.6 Å². The number of hydrogen-bond donors (Lipinski definition) is 4. The number of aromatic amines is 1. The first-order chi connectivity index (χ1) is 18.6. The van der Waals surface area contributed by atoms with E-state index in [1.54, 1.807) is 19.1 Å². The second kappa shape index (κ2) is 8.63. The zero-order valence-electron chi connectivity index (χ0n) is 21.1. The van der Waals surface area contributed by atoms with Gasteiger partial charge in [-0.05, 0) is 42.1 Å². The number of halogens is 1. The minimum Gasteiger partial charge on any atom is -0.506 e. The Balaban J connectivity index is 1.87. The van der Waals surface area contributed by atoms with Gasteiger partial charge >= 0.3 is 0 Å². The van der Waals surface area contributed by atoms with Crippen LogP contribution in [0.2, 0.25) is 5.02 Å². The molecule has 0 amide bonds. The van der Waals surface area contributed by atoms with Gasteiger partial charge in [-0.15, -0.1) is 0 Å². The third kappa shape index (κ3) is 3.22. The van der Waals surface area contributed by atoms with Crippen molar-refractivity contribution in [3.05, 3.63) is 66.7 Å². The Morgan fingerprint density at radius 2 is 1.64 bits per heavy atom. The van der Waals surface area contributed by atoms with Gasteiger partial charge in [-0.2, -0.15) is 0 Å². The van der Waals surface area contributed by atoms with Crippen LogP contribution >= 0.6 is 11.6 Å². The zero-order chi connectivity index (χ0) is 27.9. The van der Waals surface area contributed by atoms with Gasteiger partial charge in [0.25, 0.3) is 5.56 Å². The average molecular weight is 552 g/mol. The molecular weight excluding hydrogens is 530 g/mol. The fourth-order valence-corrected chi connectivity index (χ4v) is 5.87. The number of aromatic nitrogens is 1. The molecular formula is C28H22ClNO9. The molecule has 0 saturated carbocycles. The molecule has 11 heteroatoms. The van der Waals surface area contributed by atoms with E-state index in [1.165, 1.54) is 33.5 Å². The summed E-state index contributed by atoms with van der Waals surface area (Å²) in [6.07, 6.45) is -2.46. The highest BCUT2D eigenvalue weighted by atomic mass is 35.5. The van der Waals surface area contributed by atoms with Crippen molar-refractivity contribution >= 4 is 44.3 Å². The smallest absolute Gasteiger partial charge is 0.259 e. The van der Waals surface area contributed by atoms with Crippen molar-refractivity contribution in [3.63, 3.8) is 0 Å². The quantitative estimate of drug-likeness (QED) is 0.236. The highest BCUT2D eigenvalue weighted by Crippen LogP contribution is 2.58. The van der Waals surface area contributed by atoms with Gasteiger partial charge in [-0.3, -0.25) is 9.59 Å². The number of aliphatic hydroxyl groups excluding tert-OH is 1. The highest BCUT2D eigenvalue weighted by Gasteiger charge is 2.42. The number of aromatic hydroxyl groups is 2. The number of hydrogen-bond acceptors (Lipinski definition) is 9. The molecule has 0 bridgehead atoms. The van der Waals surface area contributed by atoms with E-state index in [9.17, 15) is 24.9 Å². The SMILES string of the molecule is COc1c(Cl)ccc2c(=O)c3c(O)c4c(c(OC)c3oc12)C(O)C(OC)c1cc2cc(C)[nH]c(=O)c2c(O)c1-4. The Morgan fingerprint density at radius 3 is 2.31 bits per heavy atom. The number of methoxy groups -OCH3 is 3. The van der Waals surface area contributed by atoms with Crippen LogP contribution in [0.3, 0.4) is 0 Å². The number of fused-ring (bicyclic) bond motifs is 6. The van der Waals surface area contributed by atoms with E-state index in [1.807, 2.05) is 0 Å². The number of pyridine rings is 1. The summed E-state index contributed by atoms with van der Waals surface area (Å²) in [5, 5.41) is 35.0. The number of aryl methyl sites for hydroxylation is 1. The van der Waals surface area contributed by atoms with E-state index in [0.29, 0.717) is 16.6 Å². The molecule has 4 N–H and O–H groups in total. The molecule has 0 spiro atoms. The van der Waals surface area contributed by atoms with Gasteiger partial charge in [0.05, 0.1) is 30.0 Å². The van der Waals surface area contributed by atoms with Crippen molar-refractivity contribution in [1.29, 1.82) is 0 Å². The lowest BCUT2D eigenvalue weighted by Gasteiger charge is -2.34. The molecule has 1 aliphatic rings. The van der Waals surface area contributed by atoms with Crippen LogP contribution in [-0.2, 0) is 4.74 Å². The molecule has 0 saturated heterocycles. The maximum Gasteiger partial charge on any atom is 0.259 e. The van der Waals surface area contributed by atoms with E-state index in [2.05, 4.69) is 4.98 Å². The molecule has 0 radical (unpaired) electrons. The van der Waals surface area contributed by atoms with Gasteiger partial charge < -0.3 is 38.9 Å². The number of nitrogens with one attached hydrogen (secondary N) is 1. The first-order valence-electron chi connectivity index (χ1n) is 11.8. The predicted molar refractivity (Wildman–Crippen MR) is 144 cm³/mol. The number of H-pyrrole nitrogens is 1. The maximum absolute atomic E-state index is 13.8. The number of benzene rings is 3. The summed E-state index contributed by atoms with van der Waals surface area (Å²) in [6.45, 7) is 1.70. The van der Waals surface area contributed by atoms with Crippen LogP contribution in [0.5, 0.6) is 23.0 Å². The van der Waals surface area contributed by atoms with Crippen LogP contribution in [-0.4, -0.2) is 41.6 Å². The Bertz CT molecular complexity index is 1990. The van der Waals surface area contributed by atoms with Crippen LogP contribution in [0.25, 0.3) is 43.8 Å². The number of aliphatic hydroxyl groups is 1. The zero-order valence-corrected chi connectivity index (χ0v) is 21.9. The van der Waals surface area contributed by atoms with Crippen LogP contribution in [0.15, 0.2) is 38.3 Å². The maximum atomic E-state index is 13.8. The van der Waals surface area contributed by atoms with Gasteiger partial charge in [0.15, 0.2) is 22.7 Å². The first kappa shape index (κ1) is 25.1. The van der Waals surface area contributed by atoms with Gasteiger partial charge in [0.1, 0.15) is 29.1 Å². The topological polar surface area (TPSA) is 151 Å². The van der Waals surface area contributed by atoms with Gasteiger partial charge in [0, 0.05) is 29.5 Å². The lowest BCUT2D eigenvalue weighted by molar-refractivity contribution is -0.0172. The molecule has 5 aromatic rings. The second-order valence-corrected chi connectivity index (χ2v) is 9.71. The molecule has 6 rings (SSSR count). The molecule has 2 heterocycles. The largest absolute Gasteiger partial charge is 0.506 e. The molecule has 200 valence electrons. The minimum atomic E-state index is -1.43. The summed E-state index contributed by atoms with van der Waals surface area (Å²) in [7, 11) is 4.05. The minimum absolute atomic E-state index is 0.00327. The third-order valence-electron chi connectivity index (χ3n) is 7.23. The van der Waals surface area contributed by atoms with Crippen LogP contribution in [0.1, 0.15) is 29.0 Å². The number of rotatable bonds is 3. The molecule has 1 aliphatic carbocycles. The molecule has 10 nitrogen and oxygen atoms in total. The lowest BCUT2D eigenvalue weighted by atomic mass is 9.78. The molecule has 0 fully saturated rings. The second-order valence-electron chi connectivity index (χ2n) is 9.30. The van der Waals surface area contributed by atoms with Crippen LogP contribution in [0, 0.1) is 6.92 Å². The van der Waals surface area contributed by atoms with E-state index in [4.69, 9.17) is 30.2 Å². The summed E-state index contributed by atoms with van der Waals surface area (Å²) in [5.74, 6) is -0.990. The number of phenolic OH excluding ortho intramolecular Hbond substituents is 2. The summed E-state index contributed by atoms with van der Waals surface area (Å²) in [5.41, 5.74) is -0.508. The van der Waals surface area contributed by atoms with Crippen molar-refractivity contribution in [3.8, 4) is 34.1 Å². The summed E-state index contributed by atoms with van der Waals surface area (Å²) < 4.78 is 22.7. The molecule has 2 unspecified atom stereocenters. The van der Waals surface area contributed by atoms with Crippen molar-refractivity contribution in [2.24, 2.45) is 0 Å². The number of ether oxygens (including phenoxy) is 3. The van der Waals surface area contributed by atoms with Crippen molar-refractivity contribution in [2.75, 3.05) is 21.3 Å². The third-order valence-corrected chi connectivity index (χ3v) is 7.53. The van der Waals surface area contributed by atoms with E-state index < -0.39 is 34.7 Å². The molecule has 2 aromatic heterocycles. The average Bonchev–Trinajstić information content (AvgIpc) is 2.88.